The number of aryl methyl sites for hydroxylation is 1. The summed E-state index contributed by atoms with van der Waals surface area (Å²) in [5, 5.41) is 12.7. The van der Waals surface area contributed by atoms with E-state index >= 15 is 0 Å². The first kappa shape index (κ1) is 27.5. The Bertz CT molecular complexity index is 1590. The van der Waals surface area contributed by atoms with E-state index in [9.17, 15) is 23.1 Å². The summed E-state index contributed by atoms with van der Waals surface area (Å²) >= 11 is 0. The molecule has 204 valence electrons. The Hall–Kier alpha value is -4.58. The van der Waals surface area contributed by atoms with Crippen LogP contribution in [0.25, 0.3) is 11.0 Å². The molecule has 2 heterocycles. The molecule has 0 aliphatic carbocycles. The van der Waals surface area contributed by atoms with E-state index in [1.54, 1.807) is 6.92 Å². The third-order valence-corrected chi connectivity index (χ3v) is 5.79. The molecule has 2 aromatic carbocycles. The number of pyridine rings is 1. The SMILES string of the molecule is COc1cc(N=c2oc3c(C)ncc(CO)c3cc2C(=O)Nc2cccc(C(F)(F)F)c2)cc(OC)c1OC. The zero-order valence-corrected chi connectivity index (χ0v) is 21.3. The Morgan fingerprint density at radius 2 is 1.77 bits per heavy atom. The Balaban J connectivity index is 1.93. The Kier molecular flexibility index (Phi) is 7.77. The second kappa shape index (κ2) is 11.0. The zero-order valence-electron chi connectivity index (χ0n) is 21.3. The van der Waals surface area contributed by atoms with Crippen LogP contribution in [0.1, 0.15) is 27.2 Å². The molecule has 12 heteroatoms. The van der Waals surface area contributed by atoms with E-state index in [-0.39, 0.29) is 28.1 Å². The number of aromatic nitrogens is 1. The number of nitrogens with one attached hydrogen (secondary N) is 1. The molecule has 39 heavy (non-hydrogen) atoms. The van der Waals surface area contributed by atoms with Gasteiger partial charge in [-0.25, -0.2) is 4.99 Å². The highest BCUT2D eigenvalue weighted by molar-refractivity contribution is 6.05. The van der Waals surface area contributed by atoms with Crippen LogP contribution in [0.5, 0.6) is 17.2 Å². The number of benzene rings is 2. The van der Waals surface area contributed by atoms with Crippen LogP contribution < -0.4 is 25.1 Å². The van der Waals surface area contributed by atoms with Crippen molar-refractivity contribution in [1.82, 2.24) is 4.98 Å². The van der Waals surface area contributed by atoms with E-state index in [0.717, 1.165) is 12.1 Å². The van der Waals surface area contributed by atoms with Gasteiger partial charge in [-0.15, -0.1) is 0 Å². The molecule has 4 rings (SSSR count). The third-order valence-electron chi connectivity index (χ3n) is 5.79. The molecule has 2 aromatic heterocycles. The average molecular weight is 543 g/mol. The number of hydrogen-bond donors (Lipinski definition) is 2. The Labute approximate surface area is 220 Å². The van der Waals surface area contributed by atoms with Crippen molar-refractivity contribution in [2.75, 3.05) is 26.6 Å². The smallest absolute Gasteiger partial charge is 0.416 e. The lowest BCUT2D eigenvalue weighted by atomic mass is 10.1. The fourth-order valence-corrected chi connectivity index (χ4v) is 3.88. The largest absolute Gasteiger partial charge is 0.493 e. The van der Waals surface area contributed by atoms with Gasteiger partial charge >= 0.3 is 6.18 Å². The molecule has 0 atom stereocenters. The molecule has 0 aliphatic rings. The minimum atomic E-state index is -4.59. The third kappa shape index (κ3) is 5.65. The Morgan fingerprint density at radius 3 is 2.36 bits per heavy atom. The Morgan fingerprint density at radius 1 is 1.08 bits per heavy atom. The zero-order chi connectivity index (χ0) is 28.3. The molecule has 0 fully saturated rings. The summed E-state index contributed by atoms with van der Waals surface area (Å²) in [6.45, 7) is 1.29. The number of nitrogens with zero attached hydrogens (tertiary/aromatic N) is 2. The molecule has 0 saturated heterocycles. The van der Waals surface area contributed by atoms with Gasteiger partial charge in [0.05, 0.1) is 44.9 Å². The van der Waals surface area contributed by atoms with Gasteiger partial charge in [-0.05, 0) is 31.2 Å². The van der Waals surface area contributed by atoms with Crippen molar-refractivity contribution < 1.29 is 41.7 Å². The lowest BCUT2D eigenvalue weighted by Gasteiger charge is -2.13. The topological polar surface area (TPSA) is 115 Å². The quantitative estimate of drug-likeness (QED) is 0.331. The van der Waals surface area contributed by atoms with Crippen LogP contribution in [0.3, 0.4) is 0 Å². The van der Waals surface area contributed by atoms with E-state index in [1.807, 2.05) is 0 Å². The van der Waals surface area contributed by atoms with Crippen molar-refractivity contribution in [2.45, 2.75) is 19.7 Å². The number of alkyl halides is 3. The van der Waals surface area contributed by atoms with Crippen LogP contribution in [-0.2, 0) is 12.8 Å². The van der Waals surface area contributed by atoms with Gasteiger partial charge in [-0.2, -0.15) is 13.2 Å². The number of rotatable bonds is 7. The normalized spacial score (nSPS) is 11.9. The predicted octanol–water partition coefficient (Wildman–Crippen LogP) is 5.16. The van der Waals surface area contributed by atoms with Crippen molar-refractivity contribution >= 4 is 28.3 Å². The molecule has 0 saturated carbocycles. The first-order chi connectivity index (χ1) is 18.6. The highest BCUT2D eigenvalue weighted by Crippen LogP contribution is 2.40. The van der Waals surface area contributed by atoms with E-state index in [1.165, 1.54) is 57.9 Å². The highest BCUT2D eigenvalue weighted by atomic mass is 19.4. The monoisotopic (exact) mass is 543 g/mol. The van der Waals surface area contributed by atoms with Crippen LogP contribution in [-0.4, -0.2) is 37.3 Å². The van der Waals surface area contributed by atoms with Gasteiger partial charge in [-0.3, -0.25) is 9.78 Å². The lowest BCUT2D eigenvalue weighted by Crippen LogP contribution is -2.22. The summed E-state index contributed by atoms with van der Waals surface area (Å²) in [6, 6.07) is 8.74. The van der Waals surface area contributed by atoms with E-state index in [4.69, 9.17) is 18.6 Å². The molecular formula is C27H24F3N3O6. The minimum absolute atomic E-state index is 0.0815. The highest BCUT2D eigenvalue weighted by Gasteiger charge is 2.30. The number of aliphatic hydroxyl groups is 1. The number of ether oxygens (including phenoxy) is 3. The number of amides is 1. The summed E-state index contributed by atoms with van der Waals surface area (Å²) in [5.41, 5.74) is 0.112. The average Bonchev–Trinajstić information content (AvgIpc) is 2.92. The number of aliphatic hydroxyl groups excluding tert-OH is 1. The summed E-state index contributed by atoms with van der Waals surface area (Å²) in [5.74, 6) is 0.132. The molecule has 2 N–H and O–H groups in total. The van der Waals surface area contributed by atoms with Crippen molar-refractivity contribution in [2.24, 2.45) is 4.99 Å². The number of carbonyl (C=O) groups excluding carboxylic acids is 1. The van der Waals surface area contributed by atoms with E-state index < -0.39 is 24.3 Å². The van der Waals surface area contributed by atoms with Crippen LogP contribution in [0.4, 0.5) is 24.5 Å². The van der Waals surface area contributed by atoms with Crippen molar-refractivity contribution in [1.29, 1.82) is 0 Å². The van der Waals surface area contributed by atoms with Crippen LogP contribution in [0.15, 0.2) is 58.1 Å². The van der Waals surface area contributed by atoms with Crippen LogP contribution in [0, 0.1) is 6.92 Å². The number of carbonyl (C=O) groups is 1. The second-order valence-electron chi connectivity index (χ2n) is 8.26. The first-order valence-electron chi connectivity index (χ1n) is 11.5. The molecular weight excluding hydrogens is 519 g/mol. The molecule has 0 aliphatic heterocycles. The maximum atomic E-state index is 13.4. The number of fused-ring (bicyclic) bond motifs is 1. The van der Waals surface area contributed by atoms with Gasteiger partial charge in [0.25, 0.3) is 5.91 Å². The molecule has 9 nitrogen and oxygen atoms in total. The molecule has 1 amide bonds. The second-order valence-corrected chi connectivity index (χ2v) is 8.26. The van der Waals surface area contributed by atoms with Crippen LogP contribution in [0.2, 0.25) is 0 Å². The summed E-state index contributed by atoms with van der Waals surface area (Å²) < 4.78 is 61.7. The van der Waals surface area contributed by atoms with E-state index in [0.29, 0.717) is 33.9 Å². The minimum Gasteiger partial charge on any atom is -0.493 e. The van der Waals surface area contributed by atoms with Crippen molar-refractivity contribution in [3.8, 4) is 17.2 Å². The fourth-order valence-electron chi connectivity index (χ4n) is 3.88. The van der Waals surface area contributed by atoms with Gasteiger partial charge < -0.3 is 29.1 Å². The van der Waals surface area contributed by atoms with E-state index in [2.05, 4.69) is 15.3 Å². The molecule has 0 spiro atoms. The van der Waals surface area contributed by atoms with Crippen molar-refractivity contribution in [3.63, 3.8) is 0 Å². The molecule has 0 radical (unpaired) electrons. The first-order valence-corrected chi connectivity index (χ1v) is 11.5. The van der Waals surface area contributed by atoms with Gasteiger partial charge in [0.2, 0.25) is 11.3 Å². The lowest BCUT2D eigenvalue weighted by molar-refractivity contribution is -0.137. The molecule has 0 bridgehead atoms. The van der Waals surface area contributed by atoms with Gasteiger partial charge in [-0.1, -0.05) is 6.07 Å². The van der Waals surface area contributed by atoms with Gasteiger partial charge in [0.15, 0.2) is 17.1 Å². The number of methoxy groups -OCH3 is 3. The standard InChI is InChI=1S/C27H24F3N3O6/c1-14-23-19(15(13-34)12-31-14)11-20(25(35)32-17-7-5-6-16(8-17)27(28,29)30)26(39-23)33-18-9-21(36-2)24(38-4)22(10-18)37-3/h5-12,34H,13H2,1-4H3,(H,32,35). The summed E-state index contributed by atoms with van der Waals surface area (Å²) in [4.78, 5) is 22.1. The summed E-state index contributed by atoms with van der Waals surface area (Å²) in [7, 11) is 4.31. The number of halogens is 3. The maximum Gasteiger partial charge on any atom is 0.416 e. The van der Waals surface area contributed by atoms with Crippen molar-refractivity contribution in [3.05, 3.63) is 76.6 Å². The van der Waals surface area contributed by atoms with Crippen LogP contribution >= 0.6 is 0 Å². The van der Waals surface area contributed by atoms with Gasteiger partial charge in [0, 0.05) is 35.0 Å². The number of anilines is 1. The molecule has 4 aromatic rings. The molecule has 0 unspecified atom stereocenters. The maximum absolute atomic E-state index is 13.4. The fraction of sp³-hybridized carbons (Fsp3) is 0.222. The predicted molar refractivity (Wildman–Crippen MR) is 135 cm³/mol. The van der Waals surface area contributed by atoms with Gasteiger partial charge in [0.1, 0.15) is 5.56 Å². The number of hydrogen-bond acceptors (Lipinski definition) is 8. The summed E-state index contributed by atoms with van der Waals surface area (Å²) in [6.07, 6.45) is -3.15.